The third-order valence-electron chi connectivity index (χ3n) is 7.36. The lowest BCUT2D eigenvalue weighted by atomic mass is 10.0. The molecule has 3 aromatic heterocycles. The van der Waals surface area contributed by atoms with E-state index in [9.17, 15) is 18.8 Å². The number of carbonyl (C=O) groups is 3. The average Bonchev–Trinajstić information content (AvgIpc) is 3.50. The van der Waals surface area contributed by atoms with Gasteiger partial charge >= 0.3 is 0 Å². The third-order valence-corrected chi connectivity index (χ3v) is 7.36. The maximum absolute atomic E-state index is 14.6. The molecule has 0 saturated carbocycles. The zero-order valence-corrected chi connectivity index (χ0v) is 23.0. The van der Waals surface area contributed by atoms with E-state index in [1.807, 2.05) is 38.1 Å². The van der Waals surface area contributed by atoms with Gasteiger partial charge in [-0.05, 0) is 49.6 Å². The quantitative estimate of drug-likeness (QED) is 0.309. The van der Waals surface area contributed by atoms with Crippen LogP contribution >= 0.6 is 0 Å². The fourth-order valence-electron chi connectivity index (χ4n) is 5.26. The number of Topliss-reactive ketones (excluding diaryl/α,β-unsaturated/α-hetero) is 2. The Kier molecular flexibility index (Phi) is 7.51. The van der Waals surface area contributed by atoms with E-state index in [1.165, 1.54) is 16.5 Å². The topological polar surface area (TPSA) is 111 Å². The summed E-state index contributed by atoms with van der Waals surface area (Å²) in [4.78, 5) is 53.6. The summed E-state index contributed by atoms with van der Waals surface area (Å²) in [5, 5.41) is 5.03. The molecule has 0 spiro atoms. The predicted molar refractivity (Wildman–Crippen MR) is 148 cm³/mol. The molecule has 0 aliphatic carbocycles. The summed E-state index contributed by atoms with van der Waals surface area (Å²) in [5.41, 5.74) is 4.84. The Balaban J connectivity index is 1.41. The number of aromatic nitrogens is 5. The number of aryl methyl sites for hydroxylation is 3. The van der Waals surface area contributed by atoms with Crippen LogP contribution in [0.2, 0.25) is 0 Å². The Morgan fingerprint density at radius 3 is 2.50 bits per heavy atom. The molecule has 206 valence electrons. The first-order valence-electron chi connectivity index (χ1n) is 13.4. The summed E-state index contributed by atoms with van der Waals surface area (Å²) in [5.74, 6) is -0.261. The highest BCUT2D eigenvalue weighted by molar-refractivity contribution is 6.06. The first-order valence-corrected chi connectivity index (χ1v) is 13.4. The van der Waals surface area contributed by atoms with Crippen molar-refractivity contribution in [3.8, 4) is 11.1 Å². The molecule has 40 heavy (non-hydrogen) atoms. The van der Waals surface area contributed by atoms with Crippen LogP contribution in [0.1, 0.15) is 53.5 Å². The number of hydrogen-bond donors (Lipinski definition) is 0. The number of amides is 1. The number of fused-ring (bicyclic) bond motifs is 1. The van der Waals surface area contributed by atoms with Crippen LogP contribution in [0.25, 0.3) is 22.0 Å². The van der Waals surface area contributed by atoms with Crippen molar-refractivity contribution in [3.05, 3.63) is 71.2 Å². The van der Waals surface area contributed by atoms with Crippen LogP contribution < -0.4 is 0 Å². The Morgan fingerprint density at radius 2 is 1.80 bits per heavy atom. The Morgan fingerprint density at radius 1 is 1.05 bits per heavy atom. The summed E-state index contributed by atoms with van der Waals surface area (Å²) in [6, 6.07) is 8.44. The summed E-state index contributed by atoms with van der Waals surface area (Å²) in [7, 11) is 0. The van der Waals surface area contributed by atoms with Gasteiger partial charge in [-0.25, -0.2) is 14.4 Å². The number of nitrogens with zero attached hydrogens (tertiary/aromatic N) is 6. The molecule has 10 heteroatoms. The van der Waals surface area contributed by atoms with Gasteiger partial charge in [-0.15, -0.1) is 0 Å². The van der Waals surface area contributed by atoms with Gasteiger partial charge in [0, 0.05) is 42.4 Å². The van der Waals surface area contributed by atoms with E-state index in [1.54, 1.807) is 25.4 Å². The second-order valence-corrected chi connectivity index (χ2v) is 10.3. The number of alkyl halides is 1. The minimum absolute atomic E-state index is 0.0384. The van der Waals surface area contributed by atoms with Crippen molar-refractivity contribution in [1.29, 1.82) is 0 Å². The first kappa shape index (κ1) is 27.2. The molecule has 4 aromatic rings. The number of benzene rings is 1. The summed E-state index contributed by atoms with van der Waals surface area (Å²) in [6.45, 7) is 6.68. The third kappa shape index (κ3) is 5.38. The number of ketones is 2. The molecule has 1 aliphatic rings. The lowest BCUT2D eigenvalue weighted by molar-refractivity contribution is -0.138. The molecule has 1 amide bonds. The maximum Gasteiger partial charge on any atom is 0.245 e. The predicted octanol–water partition coefficient (Wildman–Crippen LogP) is 4.02. The van der Waals surface area contributed by atoms with Gasteiger partial charge in [0.15, 0.2) is 11.6 Å². The number of likely N-dealkylation sites (tertiary alicyclic amines) is 1. The summed E-state index contributed by atoms with van der Waals surface area (Å²) < 4.78 is 16.0. The molecule has 1 aromatic carbocycles. The number of rotatable bonds is 8. The highest BCUT2D eigenvalue weighted by Crippen LogP contribution is 2.28. The van der Waals surface area contributed by atoms with Crippen LogP contribution in [0.5, 0.6) is 0 Å². The van der Waals surface area contributed by atoms with Gasteiger partial charge in [-0.2, -0.15) is 5.10 Å². The SMILES string of the molecule is CCc1ccc(C)nc1CC(=O)[C@@H]1C[C@@H](F)CN1C(=O)Cn1nc(C(C)=O)c2cc(-c3cnc(C)nc3)ccc21. The van der Waals surface area contributed by atoms with Crippen LogP contribution in [-0.2, 0) is 29.0 Å². The van der Waals surface area contributed by atoms with E-state index >= 15 is 0 Å². The molecular formula is C30H31FN6O3. The Hall–Kier alpha value is -4.34. The average molecular weight is 543 g/mol. The van der Waals surface area contributed by atoms with Crippen molar-refractivity contribution in [2.75, 3.05) is 6.54 Å². The number of pyridine rings is 1. The van der Waals surface area contributed by atoms with Gasteiger partial charge in [0.1, 0.15) is 24.2 Å². The molecule has 4 heterocycles. The standard InChI is InChI=1S/C30H31FN6O3/c1-5-20-7-6-17(2)34-25(20)12-28(39)27-11-23(31)15-36(27)29(40)16-37-26-9-8-21(22-13-32-19(4)33-14-22)10-24(26)30(35-37)18(3)38/h6-10,13-14,23,27H,5,11-12,15-16H2,1-4H3/t23-,27+/m1/s1. The minimum Gasteiger partial charge on any atom is -0.328 e. The first-order chi connectivity index (χ1) is 19.1. The molecule has 0 radical (unpaired) electrons. The zero-order chi connectivity index (χ0) is 28.6. The molecule has 0 bridgehead atoms. The molecule has 1 fully saturated rings. The molecule has 0 N–H and O–H groups in total. The highest BCUT2D eigenvalue weighted by atomic mass is 19.1. The Labute approximate surface area is 231 Å². The Bertz CT molecular complexity index is 1610. The summed E-state index contributed by atoms with van der Waals surface area (Å²) in [6.07, 6.45) is 2.83. The van der Waals surface area contributed by atoms with Crippen LogP contribution in [0.15, 0.2) is 42.7 Å². The van der Waals surface area contributed by atoms with Crippen LogP contribution in [0.4, 0.5) is 4.39 Å². The number of halogens is 1. The van der Waals surface area contributed by atoms with Crippen LogP contribution in [0.3, 0.4) is 0 Å². The lowest BCUT2D eigenvalue weighted by Gasteiger charge is -2.23. The van der Waals surface area contributed by atoms with Gasteiger partial charge in [-0.1, -0.05) is 19.1 Å². The second kappa shape index (κ2) is 11.0. The fourth-order valence-corrected chi connectivity index (χ4v) is 5.26. The van der Waals surface area contributed by atoms with Gasteiger partial charge in [0.25, 0.3) is 0 Å². The molecule has 5 rings (SSSR count). The van der Waals surface area contributed by atoms with Crippen molar-refractivity contribution in [3.63, 3.8) is 0 Å². The van der Waals surface area contributed by atoms with Crippen molar-refractivity contribution in [2.45, 2.75) is 65.7 Å². The maximum atomic E-state index is 14.6. The van der Waals surface area contributed by atoms with Crippen molar-refractivity contribution in [2.24, 2.45) is 0 Å². The van der Waals surface area contributed by atoms with Gasteiger partial charge in [0.2, 0.25) is 5.91 Å². The van der Waals surface area contributed by atoms with E-state index in [0.29, 0.717) is 22.4 Å². The van der Waals surface area contributed by atoms with E-state index in [0.717, 1.165) is 28.8 Å². The van der Waals surface area contributed by atoms with Crippen molar-refractivity contribution >= 4 is 28.4 Å². The normalized spacial score (nSPS) is 17.0. The minimum atomic E-state index is -1.30. The number of hydrogen-bond acceptors (Lipinski definition) is 7. The van der Waals surface area contributed by atoms with Gasteiger partial charge in [0.05, 0.1) is 30.2 Å². The van der Waals surface area contributed by atoms with E-state index < -0.39 is 18.1 Å². The molecule has 1 aliphatic heterocycles. The lowest BCUT2D eigenvalue weighted by Crippen LogP contribution is -2.43. The van der Waals surface area contributed by atoms with Crippen molar-refractivity contribution < 1.29 is 18.8 Å². The van der Waals surface area contributed by atoms with E-state index in [4.69, 9.17) is 0 Å². The molecular weight excluding hydrogens is 511 g/mol. The highest BCUT2D eigenvalue weighted by Gasteiger charge is 2.40. The smallest absolute Gasteiger partial charge is 0.245 e. The van der Waals surface area contributed by atoms with Crippen LogP contribution in [0, 0.1) is 13.8 Å². The second-order valence-electron chi connectivity index (χ2n) is 10.3. The van der Waals surface area contributed by atoms with Crippen LogP contribution in [-0.4, -0.2) is 65.9 Å². The largest absolute Gasteiger partial charge is 0.328 e. The van der Waals surface area contributed by atoms with Gasteiger partial charge < -0.3 is 4.90 Å². The summed E-state index contributed by atoms with van der Waals surface area (Å²) >= 11 is 0. The van der Waals surface area contributed by atoms with E-state index in [2.05, 4.69) is 20.1 Å². The molecule has 2 atom stereocenters. The molecule has 1 saturated heterocycles. The monoisotopic (exact) mass is 542 g/mol. The number of carbonyl (C=O) groups excluding carboxylic acids is 3. The fraction of sp³-hybridized carbons (Fsp3) is 0.367. The molecule has 9 nitrogen and oxygen atoms in total. The molecule has 0 unspecified atom stereocenters. The van der Waals surface area contributed by atoms with E-state index in [-0.39, 0.29) is 43.2 Å². The zero-order valence-electron chi connectivity index (χ0n) is 23.0. The van der Waals surface area contributed by atoms with Gasteiger partial charge in [-0.3, -0.25) is 24.0 Å². The van der Waals surface area contributed by atoms with Crippen molar-refractivity contribution in [1.82, 2.24) is 29.6 Å².